The van der Waals surface area contributed by atoms with Crippen LogP contribution in [-0.2, 0) is 10.1 Å². The molecule has 18 heavy (non-hydrogen) atoms. The van der Waals surface area contributed by atoms with E-state index in [0.29, 0.717) is 5.33 Å². The summed E-state index contributed by atoms with van der Waals surface area (Å²) in [7, 11) is 0. The minimum absolute atomic E-state index is 0.106. The van der Waals surface area contributed by atoms with E-state index in [1.54, 1.807) is 6.07 Å². The molecule has 1 unspecified atom stereocenters. The van der Waals surface area contributed by atoms with E-state index in [1.807, 2.05) is 0 Å². The summed E-state index contributed by atoms with van der Waals surface area (Å²) in [6, 6.07) is 4.73. The van der Waals surface area contributed by atoms with Crippen molar-refractivity contribution in [3.05, 3.63) is 34.9 Å². The molecule has 6 heteroatoms. The highest BCUT2D eigenvalue weighted by atomic mass is 79.9. The molecule has 0 fully saturated rings. The lowest BCUT2D eigenvalue weighted by atomic mass is 9.96. The number of ketones is 1. The molecule has 0 aliphatic heterocycles. The number of aliphatic hydroxyl groups is 1. The van der Waals surface area contributed by atoms with E-state index in [2.05, 4.69) is 15.9 Å². The largest absolute Gasteiger partial charge is 0.479 e. The standard InChI is InChI=1S/C12H12BrClO4/c13-6-7-1-2-8(10(15)3-4-14)9(5-7)11(16)12(17)18/h1-2,5,11,16H,3-4,6H2,(H,17,18). The number of rotatable bonds is 6. The lowest BCUT2D eigenvalue weighted by molar-refractivity contribution is -0.146. The molecule has 4 nitrogen and oxygen atoms in total. The molecular formula is C12H12BrClO4. The molecule has 1 atom stereocenters. The first-order chi connectivity index (χ1) is 8.51. The van der Waals surface area contributed by atoms with Crippen LogP contribution in [0.15, 0.2) is 18.2 Å². The van der Waals surface area contributed by atoms with Crippen molar-refractivity contribution in [2.24, 2.45) is 0 Å². The van der Waals surface area contributed by atoms with Gasteiger partial charge in [0.15, 0.2) is 11.9 Å². The van der Waals surface area contributed by atoms with Crippen molar-refractivity contribution in [3.63, 3.8) is 0 Å². The Morgan fingerprint density at radius 1 is 1.39 bits per heavy atom. The van der Waals surface area contributed by atoms with Crippen LogP contribution in [0.1, 0.15) is 34.0 Å². The average molecular weight is 336 g/mol. The molecule has 0 saturated heterocycles. The maximum absolute atomic E-state index is 11.8. The molecular weight excluding hydrogens is 323 g/mol. The minimum Gasteiger partial charge on any atom is -0.479 e. The fraction of sp³-hybridized carbons (Fsp3) is 0.333. The summed E-state index contributed by atoms with van der Waals surface area (Å²) in [5.74, 6) is -1.51. The Bertz CT molecular complexity index is 461. The van der Waals surface area contributed by atoms with E-state index >= 15 is 0 Å². The van der Waals surface area contributed by atoms with Gasteiger partial charge in [-0.25, -0.2) is 4.79 Å². The molecule has 0 aromatic heterocycles. The fourth-order valence-corrected chi connectivity index (χ4v) is 2.05. The zero-order chi connectivity index (χ0) is 13.7. The van der Waals surface area contributed by atoms with Crippen LogP contribution in [-0.4, -0.2) is 27.8 Å². The number of alkyl halides is 2. The van der Waals surface area contributed by atoms with Crippen LogP contribution in [0, 0.1) is 0 Å². The van der Waals surface area contributed by atoms with E-state index in [9.17, 15) is 14.7 Å². The quantitative estimate of drug-likeness (QED) is 0.619. The van der Waals surface area contributed by atoms with Gasteiger partial charge >= 0.3 is 5.97 Å². The van der Waals surface area contributed by atoms with E-state index in [1.165, 1.54) is 12.1 Å². The van der Waals surface area contributed by atoms with Crippen LogP contribution in [0.2, 0.25) is 0 Å². The summed E-state index contributed by atoms with van der Waals surface area (Å²) in [4.78, 5) is 22.6. The number of benzene rings is 1. The number of Topliss-reactive ketones (excluding diaryl/α,β-unsaturated/α-hetero) is 1. The van der Waals surface area contributed by atoms with Crippen LogP contribution in [0.4, 0.5) is 0 Å². The van der Waals surface area contributed by atoms with Crippen molar-refractivity contribution < 1.29 is 19.8 Å². The molecule has 0 spiro atoms. The molecule has 0 saturated carbocycles. The first-order valence-corrected chi connectivity index (χ1v) is 6.85. The second kappa shape index (κ2) is 6.87. The Morgan fingerprint density at radius 3 is 2.56 bits per heavy atom. The molecule has 0 radical (unpaired) electrons. The molecule has 1 rings (SSSR count). The van der Waals surface area contributed by atoms with Gasteiger partial charge in [-0.2, -0.15) is 0 Å². The third kappa shape index (κ3) is 3.54. The number of aliphatic hydroxyl groups excluding tert-OH is 1. The fourth-order valence-electron chi connectivity index (χ4n) is 1.53. The molecule has 0 amide bonds. The van der Waals surface area contributed by atoms with Gasteiger partial charge in [0.1, 0.15) is 0 Å². The number of carbonyl (C=O) groups excluding carboxylic acids is 1. The molecule has 0 aliphatic rings. The highest BCUT2D eigenvalue weighted by Crippen LogP contribution is 2.23. The van der Waals surface area contributed by atoms with Crippen molar-refractivity contribution in [1.82, 2.24) is 0 Å². The molecule has 0 heterocycles. The number of hydrogen-bond donors (Lipinski definition) is 2. The molecule has 1 aromatic carbocycles. The van der Waals surface area contributed by atoms with Crippen molar-refractivity contribution in [2.75, 3.05) is 5.88 Å². The summed E-state index contributed by atoms with van der Waals surface area (Å²) in [6.45, 7) is 0. The van der Waals surface area contributed by atoms with Crippen LogP contribution >= 0.6 is 27.5 Å². The molecule has 0 bridgehead atoms. The van der Waals surface area contributed by atoms with Crippen molar-refractivity contribution in [3.8, 4) is 0 Å². The average Bonchev–Trinajstić information content (AvgIpc) is 2.37. The topological polar surface area (TPSA) is 74.6 Å². The van der Waals surface area contributed by atoms with Gasteiger partial charge in [0, 0.05) is 28.8 Å². The van der Waals surface area contributed by atoms with Crippen molar-refractivity contribution >= 4 is 39.3 Å². The molecule has 1 aromatic rings. The van der Waals surface area contributed by atoms with Gasteiger partial charge in [0.2, 0.25) is 0 Å². The Kier molecular flexibility index (Phi) is 5.78. The Labute approximate surface area is 118 Å². The Hall–Kier alpha value is -0.910. The highest BCUT2D eigenvalue weighted by molar-refractivity contribution is 9.08. The van der Waals surface area contributed by atoms with Crippen LogP contribution < -0.4 is 0 Å². The number of aliphatic carboxylic acids is 1. The number of hydrogen-bond acceptors (Lipinski definition) is 3. The Morgan fingerprint density at radius 2 is 2.06 bits per heavy atom. The van der Waals surface area contributed by atoms with Crippen LogP contribution in [0.25, 0.3) is 0 Å². The maximum Gasteiger partial charge on any atom is 0.337 e. The molecule has 2 N–H and O–H groups in total. The van der Waals surface area contributed by atoms with Crippen molar-refractivity contribution in [1.29, 1.82) is 0 Å². The highest BCUT2D eigenvalue weighted by Gasteiger charge is 2.22. The number of halogens is 2. The van der Waals surface area contributed by atoms with Gasteiger partial charge in [0.25, 0.3) is 0 Å². The van der Waals surface area contributed by atoms with E-state index in [4.69, 9.17) is 16.7 Å². The molecule has 98 valence electrons. The molecule has 0 aliphatic carbocycles. The summed E-state index contributed by atoms with van der Waals surface area (Å²) < 4.78 is 0. The maximum atomic E-state index is 11.8. The van der Waals surface area contributed by atoms with E-state index in [-0.39, 0.29) is 29.2 Å². The van der Waals surface area contributed by atoms with E-state index in [0.717, 1.165) is 5.56 Å². The van der Waals surface area contributed by atoms with Gasteiger partial charge in [-0.1, -0.05) is 34.1 Å². The zero-order valence-electron chi connectivity index (χ0n) is 9.40. The van der Waals surface area contributed by atoms with Gasteiger partial charge in [-0.05, 0) is 5.56 Å². The van der Waals surface area contributed by atoms with Gasteiger partial charge < -0.3 is 10.2 Å². The lowest BCUT2D eigenvalue weighted by Gasteiger charge is -2.12. The number of carboxylic acid groups (broad SMARTS) is 1. The summed E-state index contributed by atoms with van der Waals surface area (Å²) in [5.41, 5.74) is 1.09. The summed E-state index contributed by atoms with van der Waals surface area (Å²) in [5, 5.41) is 19.0. The first-order valence-electron chi connectivity index (χ1n) is 5.20. The first kappa shape index (κ1) is 15.1. The second-order valence-corrected chi connectivity index (χ2v) is 4.60. The van der Waals surface area contributed by atoms with Gasteiger partial charge in [-0.3, -0.25) is 4.79 Å². The summed E-state index contributed by atoms with van der Waals surface area (Å²) >= 11 is 8.73. The number of carbonyl (C=O) groups is 2. The summed E-state index contributed by atoms with van der Waals surface area (Å²) in [6.07, 6.45) is -1.60. The van der Waals surface area contributed by atoms with Crippen LogP contribution in [0.3, 0.4) is 0 Å². The minimum atomic E-state index is -1.71. The third-order valence-corrected chi connectivity index (χ3v) is 3.26. The zero-order valence-corrected chi connectivity index (χ0v) is 11.7. The predicted octanol–water partition coefficient (Wildman–Crippen LogP) is 2.51. The van der Waals surface area contributed by atoms with Gasteiger partial charge in [-0.15, -0.1) is 11.6 Å². The predicted molar refractivity (Wildman–Crippen MR) is 71.3 cm³/mol. The van der Waals surface area contributed by atoms with Gasteiger partial charge in [0.05, 0.1) is 0 Å². The lowest BCUT2D eigenvalue weighted by Crippen LogP contribution is -2.15. The Balaban J connectivity index is 3.24. The third-order valence-electron chi connectivity index (χ3n) is 2.42. The van der Waals surface area contributed by atoms with E-state index < -0.39 is 12.1 Å². The van der Waals surface area contributed by atoms with Crippen molar-refractivity contribution in [2.45, 2.75) is 17.9 Å². The second-order valence-electron chi connectivity index (χ2n) is 3.66. The normalized spacial score (nSPS) is 12.2. The number of carboxylic acids is 1. The monoisotopic (exact) mass is 334 g/mol. The SMILES string of the molecule is O=C(CCCl)c1ccc(CBr)cc1C(O)C(=O)O. The smallest absolute Gasteiger partial charge is 0.337 e. The van der Waals surface area contributed by atoms with Crippen LogP contribution in [0.5, 0.6) is 0 Å².